The normalized spacial score (nSPS) is 22.8. The fraction of sp³-hybridized carbons (Fsp3) is 0.324. The van der Waals surface area contributed by atoms with Crippen LogP contribution in [-0.4, -0.2) is 66.4 Å². The number of carbonyl (C=O) groups excluding carboxylic acids is 1. The minimum absolute atomic E-state index is 0.0794. The number of methoxy groups -OCH3 is 1. The van der Waals surface area contributed by atoms with E-state index in [0.717, 1.165) is 43.8 Å². The molecule has 3 aromatic carbocycles. The molecule has 6 nitrogen and oxygen atoms in total. The second-order valence-corrected chi connectivity index (χ2v) is 10.9. The Kier molecular flexibility index (Phi) is 7.71. The van der Waals surface area contributed by atoms with E-state index < -0.39 is 0 Å². The minimum Gasteiger partial charge on any atom is -0.497 e. The van der Waals surface area contributed by atoms with Crippen LogP contribution in [0.1, 0.15) is 41.9 Å². The van der Waals surface area contributed by atoms with Crippen molar-refractivity contribution in [3.05, 3.63) is 108 Å². The Morgan fingerprint density at radius 3 is 2.42 bits per heavy atom. The molecule has 0 saturated carbocycles. The number of aliphatic hydroxyl groups excluding tert-OH is 1. The molecule has 6 heteroatoms. The highest BCUT2D eigenvalue weighted by Gasteiger charge is 2.49. The van der Waals surface area contributed by atoms with Gasteiger partial charge in [0.2, 0.25) is 0 Å². The molecule has 0 bridgehead atoms. The summed E-state index contributed by atoms with van der Waals surface area (Å²) >= 11 is 0. The Hall–Kier alpha value is -3.87. The van der Waals surface area contributed by atoms with E-state index in [2.05, 4.69) is 77.0 Å². The lowest BCUT2D eigenvalue weighted by atomic mass is 9.74. The summed E-state index contributed by atoms with van der Waals surface area (Å²) in [6.45, 7) is 2.44. The van der Waals surface area contributed by atoms with Crippen molar-refractivity contribution in [3.63, 3.8) is 0 Å². The maximum Gasteiger partial charge on any atom is 0.321 e. The summed E-state index contributed by atoms with van der Waals surface area (Å²) in [7, 11) is 1.63. The maximum atomic E-state index is 13.3. The summed E-state index contributed by atoms with van der Waals surface area (Å²) in [6.07, 6.45) is 7.49. The molecule has 0 spiro atoms. The summed E-state index contributed by atoms with van der Waals surface area (Å²) in [5.74, 6) is 0.941. The van der Waals surface area contributed by atoms with Crippen molar-refractivity contribution < 1.29 is 14.6 Å². The number of aliphatic hydroxyl groups is 1. The van der Waals surface area contributed by atoms with Gasteiger partial charge in [-0.2, -0.15) is 0 Å². The van der Waals surface area contributed by atoms with Crippen molar-refractivity contribution in [1.82, 2.24) is 9.80 Å². The van der Waals surface area contributed by atoms with Crippen LogP contribution in [0.15, 0.2) is 91.0 Å². The molecule has 1 aliphatic carbocycles. The molecule has 40 heavy (non-hydrogen) atoms. The Morgan fingerprint density at radius 1 is 0.950 bits per heavy atom. The summed E-state index contributed by atoms with van der Waals surface area (Å²) in [5.41, 5.74) is 7.07. The van der Waals surface area contributed by atoms with Crippen molar-refractivity contribution in [2.75, 3.05) is 38.7 Å². The van der Waals surface area contributed by atoms with Crippen LogP contribution in [-0.2, 0) is 0 Å². The zero-order valence-corrected chi connectivity index (χ0v) is 23.0. The average Bonchev–Trinajstić information content (AvgIpc) is 3.48. The molecule has 0 aromatic heterocycles. The van der Waals surface area contributed by atoms with E-state index in [9.17, 15) is 9.90 Å². The van der Waals surface area contributed by atoms with Gasteiger partial charge in [0.05, 0.1) is 13.7 Å². The number of hydrogen-bond acceptors (Lipinski definition) is 4. The zero-order chi connectivity index (χ0) is 27.5. The van der Waals surface area contributed by atoms with Gasteiger partial charge >= 0.3 is 6.03 Å². The van der Waals surface area contributed by atoms with Gasteiger partial charge in [0, 0.05) is 36.8 Å². The van der Waals surface area contributed by atoms with Gasteiger partial charge in [0.25, 0.3) is 0 Å². The van der Waals surface area contributed by atoms with Crippen LogP contribution >= 0.6 is 0 Å². The summed E-state index contributed by atoms with van der Waals surface area (Å²) in [4.78, 5) is 17.6. The van der Waals surface area contributed by atoms with Crippen LogP contribution in [0.4, 0.5) is 10.5 Å². The number of carbonyl (C=O) groups is 1. The van der Waals surface area contributed by atoms with E-state index in [1.54, 1.807) is 7.11 Å². The molecule has 3 atom stereocenters. The van der Waals surface area contributed by atoms with Crippen LogP contribution in [0, 0.1) is 0 Å². The highest BCUT2D eigenvalue weighted by molar-refractivity contribution is 5.90. The van der Waals surface area contributed by atoms with E-state index >= 15 is 0 Å². The number of amides is 2. The van der Waals surface area contributed by atoms with Crippen LogP contribution < -0.4 is 10.1 Å². The lowest BCUT2D eigenvalue weighted by Crippen LogP contribution is -2.68. The van der Waals surface area contributed by atoms with Crippen molar-refractivity contribution in [2.45, 2.75) is 37.3 Å². The first-order valence-corrected chi connectivity index (χ1v) is 14.3. The molecule has 3 aromatic rings. The fourth-order valence-corrected chi connectivity index (χ4v) is 6.48. The Morgan fingerprint density at radius 2 is 1.70 bits per heavy atom. The molecule has 2 saturated heterocycles. The molecular weight excluding hydrogens is 498 g/mol. The molecule has 2 aliphatic heterocycles. The minimum atomic E-state index is -0.0808. The van der Waals surface area contributed by atoms with Crippen LogP contribution in [0.25, 0.3) is 11.1 Å². The number of urea groups is 1. The second kappa shape index (κ2) is 11.7. The molecular formula is C34H37N3O3. The van der Waals surface area contributed by atoms with E-state index in [4.69, 9.17) is 4.74 Å². The molecule has 206 valence electrons. The molecule has 2 fully saturated rings. The number of ether oxygens (including phenoxy) is 1. The summed E-state index contributed by atoms with van der Waals surface area (Å²) in [6, 6.07) is 27.0. The summed E-state index contributed by atoms with van der Waals surface area (Å²) in [5, 5.41) is 13.4. The van der Waals surface area contributed by atoms with E-state index in [1.807, 2.05) is 29.2 Å². The maximum absolute atomic E-state index is 13.3. The largest absolute Gasteiger partial charge is 0.497 e. The number of hydrogen-bond donors (Lipinski definition) is 2. The number of anilines is 1. The van der Waals surface area contributed by atoms with Crippen LogP contribution in [0.3, 0.4) is 0 Å². The number of allylic oxidation sites excluding steroid dienone is 4. The first kappa shape index (κ1) is 26.4. The smallest absolute Gasteiger partial charge is 0.321 e. The Labute approximate surface area is 236 Å². The fourth-order valence-electron chi connectivity index (χ4n) is 6.48. The summed E-state index contributed by atoms with van der Waals surface area (Å²) < 4.78 is 5.23. The third kappa shape index (κ3) is 5.29. The Balaban J connectivity index is 1.17. The predicted octanol–water partition coefficient (Wildman–Crippen LogP) is 6.02. The van der Waals surface area contributed by atoms with Crippen molar-refractivity contribution in [1.29, 1.82) is 0 Å². The van der Waals surface area contributed by atoms with Gasteiger partial charge in [-0.25, -0.2) is 4.79 Å². The third-order valence-corrected chi connectivity index (χ3v) is 8.64. The van der Waals surface area contributed by atoms with Gasteiger partial charge in [0.15, 0.2) is 0 Å². The standard InChI is InChI=1S/C34H37N3O3/c1-40-30-17-15-29(16-18-30)35-34(39)36-19-5-6-20-37-31(22-36)33(32(37)23-38)26-11-9-25(10-12-26)28-14-13-27(21-28)24-7-3-2-4-8-24/h2-4,7-12,14-18,21,31-33,38H,5-6,13,19-20,22-23H2,1H3,(H,35,39)/t31-,32+,33+/m0/s1. The van der Waals surface area contributed by atoms with Gasteiger partial charge in [0.1, 0.15) is 5.75 Å². The highest BCUT2D eigenvalue weighted by atomic mass is 16.5. The van der Waals surface area contributed by atoms with Gasteiger partial charge in [-0.05, 0) is 77.9 Å². The van der Waals surface area contributed by atoms with E-state index in [-0.39, 0.29) is 30.6 Å². The van der Waals surface area contributed by atoms with Gasteiger partial charge in [-0.1, -0.05) is 66.7 Å². The first-order valence-electron chi connectivity index (χ1n) is 14.3. The van der Waals surface area contributed by atoms with Crippen LogP contribution in [0.2, 0.25) is 0 Å². The van der Waals surface area contributed by atoms with Gasteiger partial charge < -0.3 is 20.1 Å². The van der Waals surface area contributed by atoms with Crippen LogP contribution in [0.5, 0.6) is 5.75 Å². The quantitative estimate of drug-likeness (QED) is 0.405. The second-order valence-electron chi connectivity index (χ2n) is 10.9. The topological polar surface area (TPSA) is 65.0 Å². The lowest BCUT2D eigenvalue weighted by Gasteiger charge is -2.57. The van der Waals surface area contributed by atoms with E-state index in [0.29, 0.717) is 6.54 Å². The number of nitrogens with one attached hydrogen (secondary N) is 1. The number of rotatable bonds is 6. The van der Waals surface area contributed by atoms with Crippen molar-refractivity contribution >= 4 is 22.9 Å². The molecule has 0 unspecified atom stereocenters. The first-order chi connectivity index (χ1) is 19.6. The number of fused-ring (bicyclic) bond motifs is 1. The highest BCUT2D eigenvalue weighted by Crippen LogP contribution is 2.42. The zero-order valence-electron chi connectivity index (χ0n) is 23.0. The lowest BCUT2D eigenvalue weighted by molar-refractivity contribution is -0.0585. The van der Waals surface area contributed by atoms with Crippen molar-refractivity contribution in [3.8, 4) is 5.75 Å². The molecule has 2 amide bonds. The SMILES string of the molecule is COc1ccc(NC(=O)N2CCCCN3[C@H](CO)[C@H](c4ccc(C5=CCC(c6ccccc6)=C5)cc4)[C@@H]3C2)cc1. The third-order valence-electron chi connectivity index (χ3n) is 8.64. The average molecular weight is 536 g/mol. The molecule has 2 heterocycles. The van der Waals surface area contributed by atoms with E-state index in [1.165, 1.54) is 27.8 Å². The molecule has 3 aliphatic rings. The van der Waals surface area contributed by atoms with Gasteiger partial charge in [-0.15, -0.1) is 0 Å². The van der Waals surface area contributed by atoms with Crippen molar-refractivity contribution in [2.24, 2.45) is 0 Å². The Bertz CT molecular complexity index is 1380. The molecule has 6 rings (SSSR count). The molecule has 2 N–H and O–H groups in total. The molecule has 0 radical (unpaired) electrons. The number of benzene rings is 3. The predicted molar refractivity (Wildman–Crippen MR) is 160 cm³/mol. The monoisotopic (exact) mass is 535 g/mol. The number of nitrogens with zero attached hydrogens (tertiary/aromatic N) is 2. The van der Waals surface area contributed by atoms with Gasteiger partial charge in [-0.3, -0.25) is 4.90 Å².